The first-order chi connectivity index (χ1) is 16.0. The van der Waals surface area contributed by atoms with Crippen LogP contribution < -0.4 is 17.4 Å². The normalized spacial score (nSPS) is 9.52. The van der Waals surface area contributed by atoms with Crippen LogP contribution in [0, 0.1) is 0 Å². The Morgan fingerprint density at radius 2 is 0.909 bits per heavy atom. The summed E-state index contributed by atoms with van der Waals surface area (Å²) >= 11 is -0.517. The SMILES string of the molecule is CCCCCCCC(=O)[O-].CCCCCCCC(=O)[O-].c1cc[c]([Sn+2][c]2ccccc2)cc1. The van der Waals surface area contributed by atoms with Crippen molar-refractivity contribution in [2.45, 2.75) is 90.9 Å². The van der Waals surface area contributed by atoms with E-state index < -0.39 is 33.1 Å². The minimum atomic E-state index is -0.920. The van der Waals surface area contributed by atoms with Gasteiger partial charge in [0, 0.05) is 11.9 Å². The van der Waals surface area contributed by atoms with E-state index in [1.54, 1.807) is 0 Å². The fourth-order valence-corrected chi connectivity index (χ4v) is 5.96. The Kier molecular flexibility index (Phi) is 22.1. The van der Waals surface area contributed by atoms with Crippen LogP contribution in [-0.4, -0.2) is 33.1 Å². The van der Waals surface area contributed by atoms with Crippen molar-refractivity contribution in [2.75, 3.05) is 0 Å². The van der Waals surface area contributed by atoms with Gasteiger partial charge in [0.05, 0.1) is 0 Å². The van der Waals surface area contributed by atoms with Gasteiger partial charge in [0.25, 0.3) is 0 Å². The van der Waals surface area contributed by atoms with Crippen molar-refractivity contribution in [1.82, 2.24) is 0 Å². The van der Waals surface area contributed by atoms with Crippen LogP contribution >= 0.6 is 0 Å². The maximum atomic E-state index is 9.92. The maximum absolute atomic E-state index is 9.92. The van der Waals surface area contributed by atoms with Crippen molar-refractivity contribution in [3.63, 3.8) is 0 Å². The molecule has 0 fully saturated rings. The van der Waals surface area contributed by atoms with E-state index in [2.05, 4.69) is 74.5 Å². The van der Waals surface area contributed by atoms with Gasteiger partial charge in [0.1, 0.15) is 0 Å². The summed E-state index contributed by atoms with van der Waals surface area (Å²) in [6, 6.07) is 21.6. The molecule has 5 heteroatoms. The Morgan fingerprint density at radius 3 is 1.21 bits per heavy atom. The van der Waals surface area contributed by atoms with Crippen molar-refractivity contribution in [2.24, 2.45) is 0 Å². The van der Waals surface area contributed by atoms with Gasteiger partial charge in [-0.05, 0) is 25.7 Å². The van der Waals surface area contributed by atoms with Crippen LogP contribution in [0.15, 0.2) is 60.7 Å². The van der Waals surface area contributed by atoms with Gasteiger partial charge in [-0.2, -0.15) is 0 Å². The van der Waals surface area contributed by atoms with Gasteiger partial charge in [-0.1, -0.05) is 65.2 Å². The van der Waals surface area contributed by atoms with E-state index in [9.17, 15) is 19.8 Å². The van der Waals surface area contributed by atoms with Crippen molar-refractivity contribution in [3.05, 3.63) is 60.7 Å². The second kappa shape index (κ2) is 23.3. The Morgan fingerprint density at radius 1 is 0.576 bits per heavy atom. The average molecular weight is 559 g/mol. The fraction of sp³-hybridized carbons (Fsp3) is 0.500. The molecule has 0 spiro atoms. The van der Waals surface area contributed by atoms with Crippen LogP contribution in [0.5, 0.6) is 0 Å². The van der Waals surface area contributed by atoms with Gasteiger partial charge >= 0.3 is 89.0 Å². The molecule has 0 aliphatic carbocycles. The Bertz CT molecular complexity index is 643. The molecule has 2 aromatic carbocycles. The van der Waals surface area contributed by atoms with E-state index in [1.165, 1.54) is 32.8 Å². The van der Waals surface area contributed by atoms with E-state index in [4.69, 9.17) is 0 Å². The standard InChI is InChI=1S/2C8H16O2.2C6H5.Sn/c2*1-2-3-4-5-6-7-8(9)10;2*1-2-4-6-5-3-1;/h2*2-7H2,1H3,(H,9,10);2*1-5H;/q;;;;+2/p-2. The summed E-state index contributed by atoms with van der Waals surface area (Å²) in [5.74, 6) is -1.84. The predicted octanol–water partition coefficient (Wildman–Crippen LogP) is 3.54. The molecule has 2 rings (SSSR count). The molecule has 0 aromatic heterocycles. The number of aliphatic carboxylic acids is 2. The van der Waals surface area contributed by atoms with Crippen molar-refractivity contribution < 1.29 is 19.8 Å². The molecule has 0 saturated heterocycles. The molecule has 0 bridgehead atoms. The molecular formula is C28H40O4Sn. The Balaban J connectivity index is 0.000000474. The zero-order chi connectivity index (χ0) is 24.6. The minimum absolute atomic E-state index is 0.226. The number of carbonyl (C=O) groups is 2. The number of benzene rings is 2. The van der Waals surface area contributed by atoms with Crippen LogP contribution in [0.1, 0.15) is 90.9 Å². The number of hydrogen-bond donors (Lipinski definition) is 0. The van der Waals surface area contributed by atoms with Gasteiger partial charge in [0.15, 0.2) is 0 Å². The number of hydrogen-bond acceptors (Lipinski definition) is 4. The summed E-state index contributed by atoms with van der Waals surface area (Å²) in [5, 5.41) is 19.8. The number of carbonyl (C=O) groups excluding carboxylic acids is 2. The number of rotatable bonds is 14. The third kappa shape index (κ3) is 23.1. The van der Waals surface area contributed by atoms with E-state index in [-0.39, 0.29) is 12.8 Å². The summed E-state index contributed by atoms with van der Waals surface area (Å²) in [7, 11) is 0. The molecule has 33 heavy (non-hydrogen) atoms. The predicted molar refractivity (Wildman–Crippen MR) is 135 cm³/mol. The summed E-state index contributed by atoms with van der Waals surface area (Å²) in [5.41, 5.74) is 0. The molecule has 0 saturated carbocycles. The number of unbranched alkanes of at least 4 members (excludes halogenated alkanes) is 8. The summed E-state index contributed by atoms with van der Waals surface area (Å²) in [4.78, 5) is 19.8. The number of carboxylic acid groups (broad SMARTS) is 2. The summed E-state index contributed by atoms with van der Waals surface area (Å²) in [6.45, 7) is 4.28. The van der Waals surface area contributed by atoms with Crippen molar-refractivity contribution in [1.29, 1.82) is 0 Å². The topological polar surface area (TPSA) is 80.3 Å². The van der Waals surface area contributed by atoms with E-state index >= 15 is 0 Å². The molecule has 4 nitrogen and oxygen atoms in total. The monoisotopic (exact) mass is 560 g/mol. The van der Waals surface area contributed by atoms with Crippen LogP contribution in [0.2, 0.25) is 0 Å². The van der Waals surface area contributed by atoms with E-state index in [1.807, 2.05) is 0 Å². The first kappa shape index (κ1) is 31.2. The molecule has 0 N–H and O–H groups in total. The second-order valence-electron chi connectivity index (χ2n) is 7.93. The van der Waals surface area contributed by atoms with Gasteiger partial charge < -0.3 is 19.8 Å². The van der Waals surface area contributed by atoms with Crippen LogP contribution in [0.25, 0.3) is 0 Å². The molecule has 180 valence electrons. The van der Waals surface area contributed by atoms with E-state index in [0.717, 1.165) is 38.5 Å². The zero-order valence-electron chi connectivity index (χ0n) is 20.4. The molecule has 0 amide bonds. The molecule has 0 aliphatic rings. The molecule has 0 unspecified atom stereocenters. The van der Waals surface area contributed by atoms with Crippen molar-refractivity contribution >= 4 is 40.2 Å². The number of carboxylic acids is 2. The molecule has 2 aromatic rings. The molecular weight excluding hydrogens is 519 g/mol. The summed E-state index contributed by atoms with van der Waals surface area (Å²) < 4.78 is 3.08. The molecule has 0 aliphatic heterocycles. The third-order valence-electron chi connectivity index (χ3n) is 4.81. The van der Waals surface area contributed by atoms with Crippen LogP contribution in [0.4, 0.5) is 0 Å². The third-order valence-corrected chi connectivity index (χ3v) is 8.36. The second-order valence-corrected chi connectivity index (χ2v) is 11.9. The van der Waals surface area contributed by atoms with E-state index in [0.29, 0.717) is 0 Å². The Hall–Kier alpha value is -1.82. The van der Waals surface area contributed by atoms with Crippen LogP contribution in [-0.2, 0) is 9.59 Å². The molecule has 0 radical (unpaired) electrons. The fourth-order valence-electron chi connectivity index (χ4n) is 2.96. The summed E-state index contributed by atoms with van der Waals surface area (Å²) in [6.07, 6.45) is 11.2. The van der Waals surface area contributed by atoms with Crippen molar-refractivity contribution in [3.8, 4) is 0 Å². The van der Waals surface area contributed by atoms with Gasteiger partial charge in [-0.15, -0.1) is 0 Å². The Labute approximate surface area is 211 Å². The first-order valence-electron chi connectivity index (χ1n) is 12.3. The van der Waals surface area contributed by atoms with Gasteiger partial charge in [-0.3, -0.25) is 0 Å². The average Bonchev–Trinajstić information content (AvgIpc) is 2.81. The first-order valence-corrected chi connectivity index (χ1v) is 15.1. The molecule has 0 atom stereocenters. The molecule has 0 heterocycles. The van der Waals surface area contributed by atoms with Gasteiger partial charge in [0.2, 0.25) is 0 Å². The zero-order valence-corrected chi connectivity index (χ0v) is 23.2. The quantitative estimate of drug-likeness (QED) is 0.262. The van der Waals surface area contributed by atoms with Gasteiger partial charge in [-0.25, -0.2) is 0 Å². The van der Waals surface area contributed by atoms with Crippen LogP contribution in [0.3, 0.4) is 0 Å².